The van der Waals surface area contributed by atoms with E-state index in [-0.39, 0.29) is 0 Å². The fraction of sp³-hybridized carbons (Fsp3) is 0.769. The first-order valence-corrected chi connectivity index (χ1v) is 8.97. The molecule has 0 aliphatic carbocycles. The van der Waals surface area contributed by atoms with E-state index in [1.165, 1.54) is 30.1 Å². The maximum absolute atomic E-state index is 4.58. The largest absolute Gasteiger partial charge is 0.355 e. The lowest BCUT2D eigenvalue weighted by atomic mass is 10.3. The lowest BCUT2D eigenvalue weighted by Gasteiger charge is -2.21. The Kier molecular flexibility index (Phi) is 5.76. The molecule has 3 nitrogen and oxygen atoms in total. The Balaban J connectivity index is 1.86. The number of thioether (sulfide) groups is 2. The zero-order chi connectivity index (χ0) is 12.8. The van der Waals surface area contributed by atoms with Crippen LogP contribution in [-0.2, 0) is 6.54 Å². The number of imidazole rings is 1. The van der Waals surface area contributed by atoms with Gasteiger partial charge in [0.25, 0.3) is 0 Å². The van der Waals surface area contributed by atoms with Crippen LogP contribution in [0.2, 0.25) is 0 Å². The SMILES string of the molecule is CCCCn1cc(C)nc1NCC1CSCCS1. The molecule has 18 heavy (non-hydrogen) atoms. The Morgan fingerprint density at radius 1 is 1.50 bits per heavy atom. The van der Waals surface area contributed by atoms with Crippen molar-refractivity contribution in [2.45, 2.75) is 38.5 Å². The smallest absolute Gasteiger partial charge is 0.203 e. The number of anilines is 1. The molecule has 1 fully saturated rings. The first-order valence-electron chi connectivity index (χ1n) is 6.76. The van der Waals surface area contributed by atoms with Gasteiger partial charge in [-0.15, -0.1) is 0 Å². The molecule has 102 valence electrons. The second-order valence-corrected chi connectivity index (χ2v) is 7.26. The van der Waals surface area contributed by atoms with Gasteiger partial charge in [0.2, 0.25) is 5.95 Å². The van der Waals surface area contributed by atoms with Crippen LogP contribution in [-0.4, -0.2) is 38.6 Å². The minimum atomic E-state index is 0.736. The molecule has 5 heteroatoms. The van der Waals surface area contributed by atoms with Gasteiger partial charge in [-0.25, -0.2) is 4.98 Å². The number of nitrogens with zero attached hydrogens (tertiary/aromatic N) is 2. The maximum atomic E-state index is 4.58. The topological polar surface area (TPSA) is 29.9 Å². The molecule has 1 aromatic rings. The van der Waals surface area contributed by atoms with Crippen LogP contribution in [0, 0.1) is 6.92 Å². The van der Waals surface area contributed by atoms with E-state index in [2.05, 4.69) is 58.4 Å². The molecule has 0 amide bonds. The van der Waals surface area contributed by atoms with Crippen molar-refractivity contribution in [3.05, 3.63) is 11.9 Å². The summed E-state index contributed by atoms with van der Waals surface area (Å²) in [5, 5.41) is 4.27. The highest BCUT2D eigenvalue weighted by molar-refractivity contribution is 8.06. The molecule has 0 bridgehead atoms. The van der Waals surface area contributed by atoms with E-state index in [4.69, 9.17) is 0 Å². The van der Waals surface area contributed by atoms with E-state index in [0.29, 0.717) is 0 Å². The number of hydrogen-bond donors (Lipinski definition) is 1. The van der Waals surface area contributed by atoms with Crippen molar-refractivity contribution < 1.29 is 0 Å². The van der Waals surface area contributed by atoms with Gasteiger partial charge in [0.15, 0.2) is 0 Å². The van der Waals surface area contributed by atoms with Gasteiger partial charge in [-0.3, -0.25) is 0 Å². The monoisotopic (exact) mass is 285 g/mol. The summed E-state index contributed by atoms with van der Waals surface area (Å²) in [4.78, 5) is 4.58. The predicted molar refractivity (Wildman–Crippen MR) is 83.9 cm³/mol. The van der Waals surface area contributed by atoms with Gasteiger partial charge in [0, 0.05) is 41.8 Å². The summed E-state index contributed by atoms with van der Waals surface area (Å²) in [5.74, 6) is 4.93. The third-order valence-electron chi connectivity index (χ3n) is 3.02. The summed E-state index contributed by atoms with van der Waals surface area (Å²) in [7, 11) is 0. The summed E-state index contributed by atoms with van der Waals surface area (Å²) >= 11 is 4.17. The highest BCUT2D eigenvalue weighted by Crippen LogP contribution is 2.24. The minimum absolute atomic E-state index is 0.736. The van der Waals surface area contributed by atoms with Gasteiger partial charge < -0.3 is 9.88 Å². The van der Waals surface area contributed by atoms with Crippen molar-refractivity contribution >= 4 is 29.5 Å². The Morgan fingerprint density at radius 2 is 2.39 bits per heavy atom. The van der Waals surface area contributed by atoms with Crippen molar-refractivity contribution in [1.82, 2.24) is 9.55 Å². The van der Waals surface area contributed by atoms with Gasteiger partial charge in [0.05, 0.1) is 5.69 Å². The van der Waals surface area contributed by atoms with E-state index >= 15 is 0 Å². The predicted octanol–water partition coefficient (Wildman–Crippen LogP) is 3.25. The Labute approximate surface area is 119 Å². The normalized spacial score (nSPS) is 20.0. The Bertz CT molecular complexity index is 359. The lowest BCUT2D eigenvalue weighted by molar-refractivity contribution is 0.634. The van der Waals surface area contributed by atoms with E-state index in [1.54, 1.807) is 0 Å². The number of rotatable bonds is 6. The molecule has 2 heterocycles. The van der Waals surface area contributed by atoms with E-state index < -0.39 is 0 Å². The number of unbranched alkanes of at least 4 members (excludes halogenated alkanes) is 1. The molecular formula is C13H23N3S2. The molecule has 0 radical (unpaired) electrons. The summed E-state index contributed by atoms with van der Waals surface area (Å²) in [6.45, 7) is 6.41. The lowest BCUT2D eigenvalue weighted by Crippen LogP contribution is -2.24. The maximum Gasteiger partial charge on any atom is 0.203 e. The molecule has 1 saturated heterocycles. The quantitative estimate of drug-likeness (QED) is 0.869. The summed E-state index contributed by atoms with van der Waals surface area (Å²) in [6, 6.07) is 0. The van der Waals surface area contributed by atoms with Crippen molar-refractivity contribution in [2.75, 3.05) is 29.1 Å². The fourth-order valence-corrected chi connectivity index (χ4v) is 4.66. The van der Waals surface area contributed by atoms with Crippen LogP contribution >= 0.6 is 23.5 Å². The molecule has 0 spiro atoms. The molecule has 1 atom stereocenters. The van der Waals surface area contributed by atoms with Gasteiger partial charge in [0.1, 0.15) is 0 Å². The van der Waals surface area contributed by atoms with Gasteiger partial charge in [-0.05, 0) is 13.3 Å². The summed E-state index contributed by atoms with van der Waals surface area (Å²) < 4.78 is 2.26. The number of aryl methyl sites for hydroxylation is 2. The van der Waals surface area contributed by atoms with Gasteiger partial charge in [-0.2, -0.15) is 23.5 Å². The zero-order valence-electron chi connectivity index (χ0n) is 11.3. The highest BCUT2D eigenvalue weighted by Gasteiger charge is 2.15. The van der Waals surface area contributed by atoms with Crippen LogP contribution in [0.3, 0.4) is 0 Å². The molecule has 1 aliphatic heterocycles. The van der Waals surface area contributed by atoms with Crippen LogP contribution in [0.15, 0.2) is 6.20 Å². The molecule has 1 aromatic heterocycles. The van der Waals surface area contributed by atoms with Crippen LogP contribution in [0.4, 0.5) is 5.95 Å². The third-order valence-corrected chi connectivity index (χ3v) is 5.87. The molecule has 1 unspecified atom stereocenters. The molecule has 1 N–H and O–H groups in total. The molecule has 1 aliphatic rings. The first-order chi connectivity index (χ1) is 8.79. The van der Waals surface area contributed by atoms with Crippen molar-refractivity contribution in [3.63, 3.8) is 0 Å². The van der Waals surface area contributed by atoms with Crippen LogP contribution in [0.5, 0.6) is 0 Å². The van der Waals surface area contributed by atoms with Crippen molar-refractivity contribution in [2.24, 2.45) is 0 Å². The number of nitrogens with one attached hydrogen (secondary N) is 1. The van der Waals surface area contributed by atoms with Crippen LogP contribution in [0.25, 0.3) is 0 Å². The second kappa shape index (κ2) is 7.34. The Hall–Kier alpha value is -0.290. The molecule has 0 aromatic carbocycles. The third kappa shape index (κ3) is 4.12. The number of hydrogen-bond acceptors (Lipinski definition) is 4. The highest BCUT2D eigenvalue weighted by atomic mass is 32.2. The van der Waals surface area contributed by atoms with Gasteiger partial charge in [-0.1, -0.05) is 13.3 Å². The molecular weight excluding hydrogens is 262 g/mol. The number of aromatic nitrogens is 2. The van der Waals surface area contributed by atoms with Crippen LogP contribution < -0.4 is 5.32 Å². The van der Waals surface area contributed by atoms with Crippen molar-refractivity contribution in [3.8, 4) is 0 Å². The average Bonchev–Trinajstić information content (AvgIpc) is 2.75. The second-order valence-electron chi connectivity index (χ2n) is 4.70. The zero-order valence-corrected chi connectivity index (χ0v) is 12.9. The molecule has 0 saturated carbocycles. The van der Waals surface area contributed by atoms with E-state index in [9.17, 15) is 0 Å². The van der Waals surface area contributed by atoms with E-state index in [1.807, 2.05) is 0 Å². The van der Waals surface area contributed by atoms with Crippen molar-refractivity contribution in [1.29, 1.82) is 0 Å². The van der Waals surface area contributed by atoms with Gasteiger partial charge >= 0.3 is 0 Å². The first kappa shape index (κ1) is 14.1. The fourth-order valence-electron chi connectivity index (χ4n) is 2.05. The Morgan fingerprint density at radius 3 is 3.11 bits per heavy atom. The standard InChI is InChI=1S/C13H23N3S2/c1-3-4-5-16-9-11(2)15-13(16)14-8-12-10-17-6-7-18-12/h9,12H,3-8,10H2,1-2H3,(H,14,15). The molecule has 2 rings (SSSR count). The summed E-state index contributed by atoms with van der Waals surface area (Å²) in [6.07, 6.45) is 4.60. The minimum Gasteiger partial charge on any atom is -0.355 e. The average molecular weight is 285 g/mol. The van der Waals surface area contributed by atoms with E-state index in [0.717, 1.165) is 30.0 Å². The summed E-state index contributed by atoms with van der Waals surface area (Å²) in [5.41, 5.74) is 1.11. The van der Waals surface area contributed by atoms with Crippen LogP contribution in [0.1, 0.15) is 25.5 Å².